The Bertz CT molecular complexity index is 483. The summed E-state index contributed by atoms with van der Waals surface area (Å²) in [5.41, 5.74) is 0.313. The highest BCUT2D eigenvalue weighted by molar-refractivity contribution is 6.30. The number of amides is 1. The van der Waals surface area contributed by atoms with E-state index in [-0.39, 0.29) is 24.2 Å². The molecule has 96 valence electrons. The molecule has 5 heteroatoms. The molecule has 0 unspecified atom stereocenters. The fourth-order valence-electron chi connectivity index (χ4n) is 2.03. The van der Waals surface area contributed by atoms with Crippen LogP contribution in [0.1, 0.15) is 25.7 Å². The van der Waals surface area contributed by atoms with Gasteiger partial charge in [-0.05, 0) is 36.5 Å². The number of anilines is 1. The van der Waals surface area contributed by atoms with Gasteiger partial charge in [0.15, 0.2) is 0 Å². The van der Waals surface area contributed by atoms with Crippen LogP contribution in [0.25, 0.3) is 0 Å². The first kappa shape index (κ1) is 12.9. The van der Waals surface area contributed by atoms with Crippen molar-refractivity contribution in [2.24, 2.45) is 5.41 Å². The number of hydrogen-bond donors (Lipinski definition) is 2. The zero-order chi connectivity index (χ0) is 13.2. The molecule has 1 fully saturated rings. The van der Waals surface area contributed by atoms with Crippen molar-refractivity contribution in [3.63, 3.8) is 0 Å². The summed E-state index contributed by atoms with van der Waals surface area (Å²) < 4.78 is 0. The van der Waals surface area contributed by atoms with Crippen LogP contribution in [0.15, 0.2) is 24.3 Å². The molecular weight excluding hydrogens is 254 g/mol. The van der Waals surface area contributed by atoms with Gasteiger partial charge >= 0.3 is 5.97 Å². The first-order chi connectivity index (χ1) is 8.49. The zero-order valence-electron chi connectivity index (χ0n) is 9.78. The highest BCUT2D eigenvalue weighted by atomic mass is 35.5. The van der Waals surface area contributed by atoms with E-state index in [2.05, 4.69) is 5.32 Å². The van der Waals surface area contributed by atoms with E-state index in [1.165, 1.54) is 0 Å². The van der Waals surface area contributed by atoms with Crippen LogP contribution in [0, 0.1) is 5.41 Å². The molecular formula is C13H14ClNO3. The highest BCUT2D eigenvalue weighted by Gasteiger charge is 2.45. The number of rotatable bonds is 5. The van der Waals surface area contributed by atoms with Crippen LogP contribution in [0.2, 0.25) is 5.02 Å². The van der Waals surface area contributed by atoms with Gasteiger partial charge in [0.1, 0.15) is 0 Å². The molecule has 0 aromatic heterocycles. The highest BCUT2D eigenvalue weighted by Crippen LogP contribution is 2.51. The number of halogens is 1. The minimum Gasteiger partial charge on any atom is -0.481 e. The zero-order valence-corrected chi connectivity index (χ0v) is 10.5. The third-order valence-corrected chi connectivity index (χ3v) is 3.36. The van der Waals surface area contributed by atoms with Crippen molar-refractivity contribution in [2.75, 3.05) is 5.32 Å². The molecule has 1 aromatic carbocycles. The fraction of sp³-hybridized carbons (Fsp3) is 0.385. The maximum atomic E-state index is 11.8. The van der Waals surface area contributed by atoms with E-state index in [0.717, 1.165) is 12.8 Å². The van der Waals surface area contributed by atoms with Gasteiger partial charge in [-0.15, -0.1) is 0 Å². The Kier molecular flexibility index (Phi) is 3.57. The van der Waals surface area contributed by atoms with Crippen molar-refractivity contribution in [3.8, 4) is 0 Å². The predicted molar refractivity (Wildman–Crippen MR) is 68.6 cm³/mol. The lowest BCUT2D eigenvalue weighted by molar-refractivity contribution is -0.138. The third kappa shape index (κ3) is 3.47. The Labute approximate surface area is 110 Å². The molecule has 1 aliphatic rings. The molecule has 0 bridgehead atoms. The molecule has 2 N–H and O–H groups in total. The molecule has 2 rings (SSSR count). The first-order valence-corrected chi connectivity index (χ1v) is 6.14. The standard InChI is InChI=1S/C13H14ClNO3/c14-9-2-1-3-10(6-9)15-11(16)7-13(4-5-13)8-12(17)18/h1-3,6H,4-5,7-8H2,(H,15,16)(H,17,18). The maximum Gasteiger partial charge on any atom is 0.303 e. The number of hydrogen-bond acceptors (Lipinski definition) is 2. The van der Waals surface area contributed by atoms with Crippen LogP contribution in [0.5, 0.6) is 0 Å². The van der Waals surface area contributed by atoms with Crippen LogP contribution in [0.4, 0.5) is 5.69 Å². The maximum absolute atomic E-state index is 11.8. The van der Waals surface area contributed by atoms with Crippen molar-refractivity contribution >= 4 is 29.2 Å². The van der Waals surface area contributed by atoms with E-state index in [1.54, 1.807) is 24.3 Å². The summed E-state index contributed by atoms with van der Waals surface area (Å²) in [7, 11) is 0. The lowest BCUT2D eigenvalue weighted by Crippen LogP contribution is -2.19. The van der Waals surface area contributed by atoms with Crippen molar-refractivity contribution < 1.29 is 14.7 Å². The SMILES string of the molecule is O=C(O)CC1(CC(=O)Nc2cccc(Cl)c2)CC1. The van der Waals surface area contributed by atoms with Crippen LogP contribution in [0.3, 0.4) is 0 Å². The second-order valence-corrected chi connectivity index (χ2v) is 5.24. The minimum absolute atomic E-state index is 0.0654. The molecule has 4 nitrogen and oxygen atoms in total. The lowest BCUT2D eigenvalue weighted by atomic mass is 9.98. The van der Waals surface area contributed by atoms with Gasteiger partial charge in [-0.1, -0.05) is 17.7 Å². The Balaban J connectivity index is 1.91. The lowest BCUT2D eigenvalue weighted by Gasteiger charge is -2.12. The summed E-state index contributed by atoms with van der Waals surface area (Å²) >= 11 is 5.81. The summed E-state index contributed by atoms with van der Waals surface area (Å²) in [5, 5.41) is 12.1. The van der Waals surface area contributed by atoms with Gasteiger partial charge in [0.25, 0.3) is 0 Å². The third-order valence-electron chi connectivity index (χ3n) is 3.13. The van der Waals surface area contributed by atoms with Crippen molar-refractivity contribution in [3.05, 3.63) is 29.3 Å². The Morgan fingerprint density at radius 1 is 1.33 bits per heavy atom. The number of carbonyl (C=O) groups is 2. The van der Waals surface area contributed by atoms with E-state index in [1.807, 2.05) is 0 Å². The topological polar surface area (TPSA) is 66.4 Å². The molecule has 0 aliphatic heterocycles. The second kappa shape index (κ2) is 4.98. The van der Waals surface area contributed by atoms with Crippen molar-refractivity contribution in [1.29, 1.82) is 0 Å². The quantitative estimate of drug-likeness (QED) is 0.862. The monoisotopic (exact) mass is 267 g/mol. The summed E-state index contributed by atoms with van der Waals surface area (Å²) in [6.07, 6.45) is 1.94. The minimum atomic E-state index is -0.844. The van der Waals surface area contributed by atoms with Crippen LogP contribution < -0.4 is 5.32 Å². The Hall–Kier alpha value is -1.55. The molecule has 0 atom stereocenters. The van der Waals surface area contributed by atoms with Crippen molar-refractivity contribution in [2.45, 2.75) is 25.7 Å². The van der Waals surface area contributed by atoms with E-state index in [0.29, 0.717) is 10.7 Å². The average molecular weight is 268 g/mol. The van der Waals surface area contributed by atoms with E-state index >= 15 is 0 Å². The van der Waals surface area contributed by atoms with Crippen LogP contribution in [-0.4, -0.2) is 17.0 Å². The number of carbonyl (C=O) groups excluding carboxylic acids is 1. The normalized spacial score (nSPS) is 16.1. The number of nitrogens with one attached hydrogen (secondary N) is 1. The molecule has 1 aromatic rings. The second-order valence-electron chi connectivity index (χ2n) is 4.81. The molecule has 1 aliphatic carbocycles. The smallest absolute Gasteiger partial charge is 0.303 e. The Morgan fingerprint density at radius 2 is 2.06 bits per heavy atom. The predicted octanol–water partition coefficient (Wildman–Crippen LogP) is 2.92. The first-order valence-electron chi connectivity index (χ1n) is 5.76. The summed E-state index contributed by atoms with van der Waals surface area (Å²) in [6, 6.07) is 6.89. The molecule has 1 saturated carbocycles. The van der Waals surface area contributed by atoms with Gasteiger partial charge in [-0.2, -0.15) is 0 Å². The van der Waals surface area contributed by atoms with E-state index in [9.17, 15) is 9.59 Å². The summed E-state index contributed by atoms with van der Waals surface area (Å²) in [6.45, 7) is 0. The molecule has 1 amide bonds. The molecule has 0 radical (unpaired) electrons. The summed E-state index contributed by atoms with van der Waals surface area (Å²) in [4.78, 5) is 22.5. The van der Waals surface area contributed by atoms with Gasteiger partial charge in [0.05, 0.1) is 6.42 Å². The van der Waals surface area contributed by atoms with E-state index in [4.69, 9.17) is 16.7 Å². The number of carboxylic acid groups (broad SMARTS) is 1. The van der Waals surface area contributed by atoms with Crippen LogP contribution in [-0.2, 0) is 9.59 Å². The van der Waals surface area contributed by atoms with Crippen molar-refractivity contribution in [1.82, 2.24) is 0 Å². The molecule has 18 heavy (non-hydrogen) atoms. The van der Waals surface area contributed by atoms with Gasteiger partial charge in [0.2, 0.25) is 5.91 Å². The molecule has 0 saturated heterocycles. The van der Waals surface area contributed by atoms with Crippen LogP contribution >= 0.6 is 11.6 Å². The Morgan fingerprint density at radius 3 is 2.61 bits per heavy atom. The summed E-state index contributed by atoms with van der Waals surface area (Å²) in [5.74, 6) is -1.00. The van der Waals surface area contributed by atoms with Gasteiger partial charge in [0, 0.05) is 17.1 Å². The number of aliphatic carboxylic acids is 1. The van der Waals surface area contributed by atoms with Gasteiger partial charge in [-0.3, -0.25) is 9.59 Å². The number of benzene rings is 1. The largest absolute Gasteiger partial charge is 0.481 e. The van der Waals surface area contributed by atoms with Gasteiger partial charge < -0.3 is 10.4 Å². The van der Waals surface area contributed by atoms with E-state index < -0.39 is 5.97 Å². The average Bonchev–Trinajstić information content (AvgIpc) is 2.95. The number of carboxylic acids is 1. The molecule has 0 heterocycles. The fourth-order valence-corrected chi connectivity index (χ4v) is 2.22. The molecule has 0 spiro atoms. The van der Waals surface area contributed by atoms with Gasteiger partial charge in [-0.25, -0.2) is 0 Å².